The average Bonchev–Trinajstić information content (AvgIpc) is 3.01. The molecule has 254 valence electrons. The molecule has 0 bridgehead atoms. The van der Waals surface area contributed by atoms with Crippen molar-refractivity contribution in [1.82, 2.24) is 9.80 Å². The van der Waals surface area contributed by atoms with Crippen LogP contribution in [0.15, 0.2) is 0 Å². The Balaban J connectivity index is 6.17. The van der Waals surface area contributed by atoms with Gasteiger partial charge in [0.05, 0.1) is 8.64 Å². The number of hydrogen-bond acceptors (Lipinski definition) is 4. The van der Waals surface area contributed by atoms with E-state index in [0.717, 1.165) is 0 Å². The van der Waals surface area contributed by atoms with Gasteiger partial charge in [-0.3, -0.25) is 9.80 Å². The predicted molar refractivity (Wildman–Crippen MR) is 217 cm³/mol. The van der Waals surface area contributed by atoms with Crippen molar-refractivity contribution in [2.75, 3.05) is 49.2 Å². The van der Waals surface area contributed by atoms with E-state index in [0.29, 0.717) is 21.0 Å². The Labute approximate surface area is 286 Å². The Hall–Kier alpha value is 1.76. The molecule has 0 aliphatic carbocycles. The van der Waals surface area contributed by atoms with Crippen molar-refractivity contribution < 1.29 is 0 Å². The van der Waals surface area contributed by atoms with E-state index in [9.17, 15) is 0 Å². The maximum atomic E-state index is 2.84. The summed E-state index contributed by atoms with van der Waals surface area (Å²) >= 11 is 0. The van der Waals surface area contributed by atoms with Gasteiger partial charge < -0.3 is 0 Å². The first-order valence-corrected chi connectivity index (χ1v) is 25.8. The zero-order valence-electron chi connectivity index (χ0n) is 29.3. The summed E-state index contributed by atoms with van der Waals surface area (Å²) in [5.41, 5.74) is 0. The van der Waals surface area contributed by atoms with Gasteiger partial charge in [-0.2, -0.15) is 21.0 Å². The number of hydrogen-bond donors (Lipinski definition) is 0. The molecule has 0 aliphatic heterocycles. The molecule has 0 aromatic carbocycles. The summed E-state index contributed by atoms with van der Waals surface area (Å²) in [6.07, 6.45) is 21.2. The summed E-state index contributed by atoms with van der Waals surface area (Å²) in [5.74, 6) is 5.57. The zero-order chi connectivity index (χ0) is 31.3. The van der Waals surface area contributed by atoms with E-state index >= 15 is 0 Å². The molecule has 0 amide bonds. The Morgan fingerprint density at radius 1 is 0.381 bits per heavy atom. The summed E-state index contributed by atoms with van der Waals surface area (Å²) in [6.45, 7) is 23.9. The highest BCUT2D eigenvalue weighted by molar-refractivity contribution is 9.29. The molecule has 0 aromatic rings. The first-order valence-electron chi connectivity index (χ1n) is 17.8. The quantitative estimate of drug-likeness (QED) is 0.0475. The van der Waals surface area contributed by atoms with Crippen molar-refractivity contribution in [3.8, 4) is 0 Å². The lowest BCUT2D eigenvalue weighted by Gasteiger charge is -2.29. The van der Waals surface area contributed by atoms with Crippen molar-refractivity contribution in [2.24, 2.45) is 0 Å². The van der Waals surface area contributed by atoms with E-state index in [1.807, 2.05) is 0 Å². The van der Waals surface area contributed by atoms with Crippen molar-refractivity contribution >= 4 is 70.8 Å². The molecule has 42 heavy (non-hydrogen) atoms. The van der Waals surface area contributed by atoms with Gasteiger partial charge in [0.25, 0.3) is 0 Å². The third-order valence-corrected chi connectivity index (χ3v) is 20.3. The van der Waals surface area contributed by atoms with Gasteiger partial charge in [-0.1, -0.05) is 107 Å². The molecule has 0 fully saturated rings. The monoisotopic (exact) mass is 700 g/mol. The molecule has 0 rings (SSSR count). The topological polar surface area (TPSA) is 6.48 Å². The molecule has 0 saturated carbocycles. The molecule has 8 heteroatoms. The van der Waals surface area contributed by atoms with Crippen LogP contribution in [0.3, 0.4) is 0 Å². The Morgan fingerprint density at radius 2 is 0.619 bits per heavy atom. The number of rotatable bonds is 27. The Kier molecular flexibility index (Phi) is 34.1. The number of nitrogens with zero attached hydrogens (tertiary/aromatic N) is 2. The lowest BCUT2D eigenvalue weighted by molar-refractivity contribution is 0.410. The van der Waals surface area contributed by atoms with Crippen LogP contribution >= 0.6 is 62.2 Å². The van der Waals surface area contributed by atoms with Crippen LogP contribution in [0.25, 0.3) is 0 Å². The van der Waals surface area contributed by atoms with Gasteiger partial charge in [-0.15, -0.1) is 0 Å². The minimum absolute atomic E-state index is 0.399. The SMILES string of the molecule is CCCCN(CCCC)C(SSSSC(N(CCCC)CCCC)=S(CCCC)CCCC)=S(CCCC)CCCC. The van der Waals surface area contributed by atoms with Gasteiger partial charge in [0.2, 0.25) is 0 Å². The van der Waals surface area contributed by atoms with Crippen LogP contribution in [0, 0.1) is 0 Å². The summed E-state index contributed by atoms with van der Waals surface area (Å²) in [6, 6.07) is 0. The lowest BCUT2D eigenvalue weighted by Crippen LogP contribution is -2.31. The third-order valence-electron chi connectivity index (χ3n) is 7.35. The minimum atomic E-state index is 0.399. The summed E-state index contributed by atoms with van der Waals surface area (Å²) in [7, 11) is 9.30. The van der Waals surface area contributed by atoms with Crippen molar-refractivity contribution in [1.29, 1.82) is 0 Å². The van der Waals surface area contributed by atoms with E-state index in [2.05, 4.69) is 106 Å². The van der Waals surface area contributed by atoms with Crippen LogP contribution in [0.2, 0.25) is 0 Å². The van der Waals surface area contributed by atoms with E-state index in [1.54, 1.807) is 8.64 Å². The zero-order valence-corrected chi connectivity index (χ0v) is 34.2. The molecule has 0 heterocycles. The third kappa shape index (κ3) is 21.5. The molecule has 0 N–H and O–H groups in total. The van der Waals surface area contributed by atoms with Gasteiger partial charge in [0, 0.05) is 26.2 Å². The first kappa shape index (κ1) is 43.8. The first-order chi connectivity index (χ1) is 20.6. The van der Waals surface area contributed by atoms with E-state index in [4.69, 9.17) is 0 Å². The standard InChI is InChI=1S/C34H72N2S6/c1-9-17-25-35(26-18-10-2)33(41(29-21-13-5)30-22-14-6)37-39-40-38-34(36(27-19-11-3)28-20-12-4)42(31-23-15-7)32-24-16-8/h9-32H2,1-8H3. The molecule has 0 atom stereocenters. The van der Waals surface area contributed by atoms with E-state index in [1.165, 1.54) is 152 Å². The highest BCUT2D eigenvalue weighted by atomic mass is 33.7. The summed E-state index contributed by atoms with van der Waals surface area (Å²) in [5, 5.41) is 0. The van der Waals surface area contributed by atoms with Gasteiger partial charge in [-0.05, 0) is 116 Å². The molecule has 2 nitrogen and oxygen atoms in total. The Bertz CT molecular complexity index is 578. The van der Waals surface area contributed by atoms with Gasteiger partial charge in [-0.25, -0.2) is 0 Å². The van der Waals surface area contributed by atoms with Gasteiger partial charge >= 0.3 is 0 Å². The minimum Gasteiger partial charge on any atom is -0.264 e. The van der Waals surface area contributed by atoms with Crippen LogP contribution < -0.4 is 0 Å². The fraction of sp³-hybridized carbons (Fsp3) is 0.941. The highest BCUT2D eigenvalue weighted by Gasteiger charge is 2.20. The van der Waals surface area contributed by atoms with E-state index in [-0.39, 0.29) is 0 Å². The molecule has 0 radical (unpaired) electrons. The van der Waals surface area contributed by atoms with Crippen molar-refractivity contribution in [2.45, 2.75) is 158 Å². The van der Waals surface area contributed by atoms with Crippen LogP contribution in [-0.2, 0) is 0 Å². The normalized spacial score (nSPS) is 12.0. The summed E-state index contributed by atoms with van der Waals surface area (Å²) < 4.78 is 3.48. The highest BCUT2D eigenvalue weighted by Crippen LogP contribution is 2.49. The van der Waals surface area contributed by atoms with Crippen LogP contribution in [0.4, 0.5) is 0 Å². The molecule has 0 aromatic heterocycles. The molecular weight excluding hydrogens is 629 g/mol. The molecule has 0 spiro atoms. The van der Waals surface area contributed by atoms with Gasteiger partial charge in [0.1, 0.15) is 0 Å². The van der Waals surface area contributed by atoms with Crippen molar-refractivity contribution in [3.05, 3.63) is 0 Å². The molecule has 0 unspecified atom stereocenters. The number of unbranched alkanes of at least 4 members (excludes halogenated alkanes) is 8. The smallest absolute Gasteiger partial charge is 0.0875 e. The molecule has 0 saturated heterocycles. The summed E-state index contributed by atoms with van der Waals surface area (Å²) in [4.78, 5) is 5.69. The largest absolute Gasteiger partial charge is 0.264 e. The maximum absolute atomic E-state index is 2.84. The Morgan fingerprint density at radius 3 is 0.833 bits per heavy atom. The van der Waals surface area contributed by atoms with Crippen LogP contribution in [-0.4, -0.2) is 67.6 Å². The van der Waals surface area contributed by atoms with Crippen LogP contribution in [0.5, 0.6) is 0 Å². The van der Waals surface area contributed by atoms with Crippen molar-refractivity contribution in [3.63, 3.8) is 0 Å². The average molecular weight is 701 g/mol. The maximum Gasteiger partial charge on any atom is 0.0875 e. The fourth-order valence-corrected chi connectivity index (χ4v) is 19.2. The van der Waals surface area contributed by atoms with E-state index < -0.39 is 0 Å². The van der Waals surface area contributed by atoms with Crippen LogP contribution in [0.1, 0.15) is 158 Å². The fourth-order valence-electron chi connectivity index (χ4n) is 4.47. The molecular formula is C34H72N2S6. The second kappa shape index (κ2) is 32.7. The molecule has 0 aliphatic rings. The lowest BCUT2D eigenvalue weighted by atomic mass is 10.3. The van der Waals surface area contributed by atoms with Gasteiger partial charge in [0.15, 0.2) is 0 Å². The second-order valence-electron chi connectivity index (χ2n) is 11.4. The second-order valence-corrected chi connectivity index (χ2v) is 22.0. The predicted octanol–water partition coefficient (Wildman–Crippen LogP) is 13.4.